The molecule has 0 aliphatic heterocycles. The summed E-state index contributed by atoms with van der Waals surface area (Å²) in [6, 6.07) is 8.77. The quantitative estimate of drug-likeness (QED) is 0.853. The predicted octanol–water partition coefficient (Wildman–Crippen LogP) is 2.66. The lowest BCUT2D eigenvalue weighted by Crippen LogP contribution is -2.47. The molecule has 4 nitrogen and oxygen atoms in total. The third-order valence-corrected chi connectivity index (χ3v) is 4.75. The fourth-order valence-electron chi connectivity index (χ4n) is 3.48. The summed E-state index contributed by atoms with van der Waals surface area (Å²) < 4.78 is 5.59. The second-order valence-electron chi connectivity index (χ2n) is 6.32. The van der Waals surface area contributed by atoms with E-state index in [1.54, 1.807) is 37.3 Å². The van der Waals surface area contributed by atoms with Crippen LogP contribution in [0.4, 0.5) is 0 Å². The summed E-state index contributed by atoms with van der Waals surface area (Å²) in [6.45, 7) is 1.68. The van der Waals surface area contributed by atoms with Crippen LogP contribution in [0, 0.1) is 5.92 Å². The Morgan fingerprint density at radius 3 is 2.77 bits per heavy atom. The SMILES string of the molecule is C[C@@]1(O)[C@@H](OC(=O)c2ccccc2)CCCC2=CC(=O)C[C@H]21. The van der Waals surface area contributed by atoms with Gasteiger partial charge in [0.05, 0.1) is 5.56 Å². The van der Waals surface area contributed by atoms with Gasteiger partial charge in [-0.05, 0) is 44.4 Å². The van der Waals surface area contributed by atoms with Gasteiger partial charge in [-0.15, -0.1) is 0 Å². The van der Waals surface area contributed by atoms with Crippen LogP contribution >= 0.6 is 0 Å². The number of benzene rings is 1. The molecule has 0 aromatic heterocycles. The van der Waals surface area contributed by atoms with Gasteiger partial charge in [-0.25, -0.2) is 4.79 Å². The molecule has 1 N–H and O–H groups in total. The zero-order valence-electron chi connectivity index (χ0n) is 12.6. The average Bonchev–Trinajstić information content (AvgIpc) is 2.84. The fourth-order valence-corrected chi connectivity index (χ4v) is 3.48. The van der Waals surface area contributed by atoms with Crippen LogP contribution in [0.5, 0.6) is 0 Å². The van der Waals surface area contributed by atoms with Crippen LogP contribution in [0.1, 0.15) is 43.0 Å². The highest BCUT2D eigenvalue weighted by Crippen LogP contribution is 2.42. The van der Waals surface area contributed by atoms with Crippen LogP contribution in [-0.4, -0.2) is 28.6 Å². The predicted molar refractivity (Wildman–Crippen MR) is 81.3 cm³/mol. The molecule has 0 amide bonds. The number of fused-ring (bicyclic) bond motifs is 1. The minimum absolute atomic E-state index is 0.0512. The van der Waals surface area contributed by atoms with E-state index >= 15 is 0 Å². The smallest absolute Gasteiger partial charge is 0.338 e. The van der Waals surface area contributed by atoms with Crippen molar-refractivity contribution in [3.05, 3.63) is 47.5 Å². The van der Waals surface area contributed by atoms with E-state index in [-0.39, 0.29) is 11.7 Å². The van der Waals surface area contributed by atoms with Crippen molar-refractivity contribution in [2.45, 2.75) is 44.3 Å². The number of hydrogen-bond donors (Lipinski definition) is 1. The summed E-state index contributed by atoms with van der Waals surface area (Å²) >= 11 is 0. The van der Waals surface area contributed by atoms with E-state index in [1.165, 1.54) is 0 Å². The van der Waals surface area contributed by atoms with E-state index in [0.29, 0.717) is 18.4 Å². The summed E-state index contributed by atoms with van der Waals surface area (Å²) in [5.74, 6) is -0.617. The lowest BCUT2D eigenvalue weighted by atomic mass is 9.81. The maximum absolute atomic E-state index is 12.3. The molecule has 0 bridgehead atoms. The third-order valence-electron chi connectivity index (χ3n) is 4.75. The van der Waals surface area contributed by atoms with Crippen LogP contribution in [0.3, 0.4) is 0 Å². The molecule has 0 heterocycles. The van der Waals surface area contributed by atoms with Crippen molar-refractivity contribution in [3.8, 4) is 0 Å². The molecule has 1 aromatic carbocycles. The van der Waals surface area contributed by atoms with E-state index < -0.39 is 17.7 Å². The van der Waals surface area contributed by atoms with Crippen molar-refractivity contribution in [1.82, 2.24) is 0 Å². The van der Waals surface area contributed by atoms with Crippen LogP contribution in [0.2, 0.25) is 0 Å². The molecular formula is C18H20O4. The highest BCUT2D eigenvalue weighted by atomic mass is 16.6. The van der Waals surface area contributed by atoms with Crippen LogP contribution in [0.25, 0.3) is 0 Å². The highest BCUT2D eigenvalue weighted by Gasteiger charge is 2.47. The number of carbonyl (C=O) groups excluding carboxylic acids is 2. The van der Waals surface area contributed by atoms with Crippen LogP contribution < -0.4 is 0 Å². The summed E-state index contributed by atoms with van der Waals surface area (Å²) in [5, 5.41) is 10.9. The topological polar surface area (TPSA) is 63.6 Å². The van der Waals surface area contributed by atoms with Gasteiger partial charge < -0.3 is 9.84 Å². The number of ketones is 1. The summed E-state index contributed by atoms with van der Waals surface area (Å²) in [5.41, 5.74) is 0.257. The molecule has 0 saturated heterocycles. The molecule has 116 valence electrons. The summed E-state index contributed by atoms with van der Waals surface area (Å²) in [6.07, 6.45) is 3.56. The summed E-state index contributed by atoms with van der Waals surface area (Å²) in [7, 11) is 0. The number of esters is 1. The molecular weight excluding hydrogens is 280 g/mol. The molecule has 2 aliphatic carbocycles. The Morgan fingerprint density at radius 1 is 1.32 bits per heavy atom. The van der Waals surface area contributed by atoms with Gasteiger partial charge in [-0.3, -0.25) is 4.79 Å². The first-order valence-electron chi connectivity index (χ1n) is 7.70. The second-order valence-corrected chi connectivity index (χ2v) is 6.32. The maximum Gasteiger partial charge on any atom is 0.338 e. The molecule has 3 rings (SSSR count). The van der Waals surface area contributed by atoms with Crippen molar-refractivity contribution >= 4 is 11.8 Å². The number of allylic oxidation sites excluding steroid dienone is 1. The highest BCUT2D eigenvalue weighted by molar-refractivity contribution is 5.94. The van der Waals surface area contributed by atoms with Gasteiger partial charge in [0.15, 0.2) is 5.78 Å². The molecule has 1 aromatic rings. The molecule has 0 unspecified atom stereocenters. The summed E-state index contributed by atoms with van der Waals surface area (Å²) in [4.78, 5) is 23.9. The first kappa shape index (κ1) is 15.0. The largest absolute Gasteiger partial charge is 0.456 e. The Hall–Kier alpha value is -1.94. The number of carbonyl (C=O) groups is 2. The van der Waals surface area contributed by atoms with Crippen LogP contribution in [-0.2, 0) is 9.53 Å². The van der Waals surface area contributed by atoms with Gasteiger partial charge in [0.1, 0.15) is 11.7 Å². The maximum atomic E-state index is 12.3. The van der Waals surface area contributed by atoms with Crippen molar-refractivity contribution in [2.75, 3.05) is 0 Å². The Labute approximate surface area is 129 Å². The zero-order chi connectivity index (χ0) is 15.7. The average molecular weight is 300 g/mol. The molecule has 1 saturated carbocycles. The fraction of sp³-hybridized carbons (Fsp3) is 0.444. The molecule has 4 heteroatoms. The van der Waals surface area contributed by atoms with Gasteiger partial charge >= 0.3 is 5.97 Å². The Balaban J connectivity index is 1.80. The molecule has 3 atom stereocenters. The van der Waals surface area contributed by atoms with Crippen molar-refractivity contribution in [3.63, 3.8) is 0 Å². The van der Waals surface area contributed by atoms with E-state index in [0.717, 1.165) is 18.4 Å². The van der Waals surface area contributed by atoms with Gasteiger partial charge in [0.2, 0.25) is 0 Å². The van der Waals surface area contributed by atoms with E-state index in [2.05, 4.69) is 0 Å². The molecule has 0 spiro atoms. The van der Waals surface area contributed by atoms with Gasteiger partial charge in [-0.2, -0.15) is 0 Å². The molecule has 2 aliphatic rings. The van der Waals surface area contributed by atoms with Gasteiger partial charge in [-0.1, -0.05) is 23.8 Å². The Bertz CT molecular complexity index is 615. The molecule has 0 radical (unpaired) electrons. The monoisotopic (exact) mass is 300 g/mol. The molecule has 1 fully saturated rings. The number of hydrogen-bond acceptors (Lipinski definition) is 4. The standard InChI is InChI=1S/C18H20O4/c1-18(21)15-11-14(19)10-13(15)8-5-9-16(18)22-17(20)12-6-3-2-4-7-12/h2-4,6-7,10,15-16,21H,5,8-9,11H2,1H3/t15-,16+,18+/m1/s1. The van der Waals surface area contributed by atoms with Crippen molar-refractivity contribution in [2.24, 2.45) is 5.92 Å². The number of rotatable bonds is 2. The number of aliphatic hydroxyl groups is 1. The second kappa shape index (κ2) is 5.69. The van der Waals surface area contributed by atoms with Gasteiger partial charge in [0.25, 0.3) is 0 Å². The lowest BCUT2D eigenvalue weighted by Gasteiger charge is -2.36. The van der Waals surface area contributed by atoms with E-state index in [9.17, 15) is 14.7 Å². The first-order valence-corrected chi connectivity index (χ1v) is 7.70. The third kappa shape index (κ3) is 2.71. The minimum Gasteiger partial charge on any atom is -0.456 e. The van der Waals surface area contributed by atoms with Crippen molar-refractivity contribution < 1.29 is 19.4 Å². The van der Waals surface area contributed by atoms with E-state index in [1.807, 2.05) is 6.07 Å². The zero-order valence-corrected chi connectivity index (χ0v) is 12.6. The lowest BCUT2D eigenvalue weighted by molar-refractivity contribution is -0.120. The van der Waals surface area contributed by atoms with Crippen LogP contribution in [0.15, 0.2) is 42.0 Å². The van der Waals surface area contributed by atoms with E-state index in [4.69, 9.17) is 4.74 Å². The normalized spacial score (nSPS) is 31.2. The van der Waals surface area contributed by atoms with Gasteiger partial charge in [0, 0.05) is 12.3 Å². The number of ether oxygens (including phenoxy) is 1. The van der Waals surface area contributed by atoms with Crippen molar-refractivity contribution in [1.29, 1.82) is 0 Å². The Morgan fingerprint density at radius 2 is 2.05 bits per heavy atom. The first-order chi connectivity index (χ1) is 10.5. The Kier molecular flexibility index (Phi) is 3.87. The molecule has 22 heavy (non-hydrogen) atoms. The minimum atomic E-state index is -1.21.